The molecule has 0 spiro atoms. The van der Waals surface area contributed by atoms with E-state index in [4.69, 9.17) is 4.74 Å². The van der Waals surface area contributed by atoms with Crippen molar-refractivity contribution in [3.05, 3.63) is 29.8 Å². The van der Waals surface area contributed by atoms with Crippen molar-refractivity contribution in [1.82, 2.24) is 5.32 Å². The molecule has 4 atom stereocenters. The van der Waals surface area contributed by atoms with Gasteiger partial charge in [0.25, 0.3) is 0 Å². The molecule has 0 aromatic heterocycles. The van der Waals surface area contributed by atoms with Gasteiger partial charge >= 0.3 is 0 Å². The minimum Gasteiger partial charge on any atom is -0.370 e. The average Bonchev–Trinajstić information content (AvgIpc) is 3.23. The number of rotatable bonds is 3. The van der Waals surface area contributed by atoms with Gasteiger partial charge in [-0.05, 0) is 43.4 Å². The number of fused-ring (bicyclic) bond motifs is 1. The van der Waals surface area contributed by atoms with Crippen molar-refractivity contribution < 1.29 is 14.3 Å². The second-order valence-electron chi connectivity index (χ2n) is 7.54. The molecule has 2 amide bonds. The molecule has 1 aromatic rings. The minimum atomic E-state index is 0.0135. The Morgan fingerprint density at radius 1 is 1.20 bits per heavy atom. The zero-order valence-corrected chi connectivity index (χ0v) is 14.7. The first-order chi connectivity index (χ1) is 12.1. The summed E-state index contributed by atoms with van der Waals surface area (Å²) in [5.41, 5.74) is 2.11. The van der Waals surface area contributed by atoms with Crippen LogP contribution in [-0.4, -0.2) is 30.5 Å². The van der Waals surface area contributed by atoms with E-state index in [0.717, 1.165) is 43.5 Å². The van der Waals surface area contributed by atoms with Gasteiger partial charge in [-0.2, -0.15) is 0 Å². The van der Waals surface area contributed by atoms with Gasteiger partial charge in [0.1, 0.15) is 0 Å². The van der Waals surface area contributed by atoms with Crippen LogP contribution in [0, 0.1) is 5.92 Å². The summed E-state index contributed by atoms with van der Waals surface area (Å²) in [5.74, 6) is 0.696. The molecule has 134 valence electrons. The monoisotopic (exact) mass is 342 g/mol. The minimum absolute atomic E-state index is 0.0135. The van der Waals surface area contributed by atoms with Crippen LogP contribution in [-0.2, 0) is 14.3 Å². The molecule has 0 unspecified atom stereocenters. The molecular weight excluding hydrogens is 316 g/mol. The van der Waals surface area contributed by atoms with Crippen LogP contribution in [0.15, 0.2) is 24.3 Å². The van der Waals surface area contributed by atoms with Crippen LogP contribution >= 0.6 is 0 Å². The van der Waals surface area contributed by atoms with Gasteiger partial charge in [0, 0.05) is 37.5 Å². The van der Waals surface area contributed by atoms with Crippen molar-refractivity contribution >= 4 is 17.5 Å². The molecule has 1 N–H and O–H groups in total. The summed E-state index contributed by atoms with van der Waals surface area (Å²) in [6.45, 7) is 2.41. The highest BCUT2D eigenvalue weighted by Gasteiger charge is 2.42. The van der Waals surface area contributed by atoms with Crippen LogP contribution in [0.3, 0.4) is 0 Å². The van der Waals surface area contributed by atoms with Crippen LogP contribution in [0.1, 0.15) is 57.1 Å². The van der Waals surface area contributed by atoms with Crippen molar-refractivity contribution in [2.24, 2.45) is 5.92 Å². The van der Waals surface area contributed by atoms with E-state index < -0.39 is 0 Å². The fraction of sp³-hybridized carbons (Fsp3) is 0.600. The Morgan fingerprint density at radius 2 is 2.00 bits per heavy atom. The van der Waals surface area contributed by atoms with Crippen LogP contribution in [0.4, 0.5) is 5.69 Å². The van der Waals surface area contributed by atoms with Crippen LogP contribution in [0.2, 0.25) is 0 Å². The van der Waals surface area contributed by atoms with E-state index in [2.05, 4.69) is 17.4 Å². The van der Waals surface area contributed by atoms with Crippen LogP contribution in [0.5, 0.6) is 0 Å². The van der Waals surface area contributed by atoms with E-state index in [1.807, 2.05) is 17.0 Å². The standard InChI is InChI=1S/C20H26N2O3/c1-13(23)21-17-12-19(25-18-5-2-4-16(17)18)14-7-9-15(10-8-14)22-11-3-6-20(22)24/h7-10,16-19H,2-6,11-12H2,1H3,(H,21,23)/t16-,17+,18+,19+/m0/s1. The molecule has 0 bridgehead atoms. The molecule has 5 nitrogen and oxygen atoms in total. The molecule has 25 heavy (non-hydrogen) atoms. The maximum absolute atomic E-state index is 11.9. The molecule has 1 saturated carbocycles. The van der Waals surface area contributed by atoms with Crippen molar-refractivity contribution in [2.75, 3.05) is 11.4 Å². The lowest BCUT2D eigenvalue weighted by Gasteiger charge is -2.39. The molecule has 2 saturated heterocycles. The zero-order valence-electron chi connectivity index (χ0n) is 14.7. The first kappa shape index (κ1) is 16.6. The maximum Gasteiger partial charge on any atom is 0.227 e. The number of hydrogen-bond acceptors (Lipinski definition) is 3. The fourth-order valence-electron chi connectivity index (χ4n) is 4.69. The molecule has 5 heteroatoms. The largest absolute Gasteiger partial charge is 0.370 e. The highest BCUT2D eigenvalue weighted by Crippen LogP contribution is 2.42. The first-order valence-electron chi connectivity index (χ1n) is 9.45. The van der Waals surface area contributed by atoms with E-state index in [-0.39, 0.29) is 30.1 Å². The van der Waals surface area contributed by atoms with Gasteiger partial charge in [0.2, 0.25) is 11.8 Å². The molecule has 3 aliphatic rings. The molecule has 3 fully saturated rings. The third kappa shape index (κ3) is 3.30. The fourth-order valence-corrected chi connectivity index (χ4v) is 4.69. The molecule has 1 aliphatic carbocycles. The Bertz CT molecular complexity index is 657. The Morgan fingerprint density at radius 3 is 2.68 bits per heavy atom. The van der Waals surface area contributed by atoms with E-state index in [0.29, 0.717) is 12.3 Å². The lowest BCUT2D eigenvalue weighted by molar-refractivity contribution is -0.124. The quantitative estimate of drug-likeness (QED) is 0.919. The van der Waals surface area contributed by atoms with Crippen molar-refractivity contribution in [3.8, 4) is 0 Å². The molecule has 1 aromatic carbocycles. The number of nitrogens with zero attached hydrogens (tertiary/aromatic N) is 1. The number of nitrogens with one attached hydrogen (secondary N) is 1. The van der Waals surface area contributed by atoms with Gasteiger partial charge in [-0.1, -0.05) is 18.6 Å². The highest BCUT2D eigenvalue weighted by atomic mass is 16.5. The number of hydrogen-bond donors (Lipinski definition) is 1. The molecular formula is C20H26N2O3. The van der Waals surface area contributed by atoms with Gasteiger partial charge in [0.05, 0.1) is 12.2 Å². The third-order valence-electron chi connectivity index (χ3n) is 5.87. The van der Waals surface area contributed by atoms with Gasteiger partial charge in [-0.3, -0.25) is 9.59 Å². The maximum atomic E-state index is 11.9. The number of ether oxygens (including phenoxy) is 1. The predicted molar refractivity (Wildman–Crippen MR) is 95.2 cm³/mol. The van der Waals surface area contributed by atoms with E-state index in [1.165, 1.54) is 6.42 Å². The number of carbonyl (C=O) groups is 2. The molecule has 0 radical (unpaired) electrons. The molecule has 2 heterocycles. The Hall–Kier alpha value is -1.88. The summed E-state index contributed by atoms with van der Waals surface area (Å²) < 4.78 is 6.36. The number of amides is 2. The zero-order chi connectivity index (χ0) is 17.4. The van der Waals surface area contributed by atoms with Gasteiger partial charge < -0.3 is 15.0 Å². The summed E-state index contributed by atoms with van der Waals surface area (Å²) >= 11 is 0. The van der Waals surface area contributed by atoms with Gasteiger partial charge in [-0.15, -0.1) is 0 Å². The van der Waals surface area contributed by atoms with Gasteiger partial charge in [-0.25, -0.2) is 0 Å². The normalized spacial score (nSPS) is 31.9. The van der Waals surface area contributed by atoms with Gasteiger partial charge in [0.15, 0.2) is 0 Å². The number of benzene rings is 1. The average molecular weight is 342 g/mol. The third-order valence-corrected chi connectivity index (χ3v) is 5.87. The molecule has 2 aliphatic heterocycles. The van der Waals surface area contributed by atoms with Crippen molar-refractivity contribution in [1.29, 1.82) is 0 Å². The van der Waals surface area contributed by atoms with Crippen molar-refractivity contribution in [2.45, 2.75) is 63.7 Å². The summed E-state index contributed by atoms with van der Waals surface area (Å²) in [6.07, 6.45) is 6.06. The topological polar surface area (TPSA) is 58.6 Å². The summed E-state index contributed by atoms with van der Waals surface area (Å²) in [5, 5.41) is 3.14. The first-order valence-corrected chi connectivity index (χ1v) is 9.45. The second kappa shape index (κ2) is 6.79. The number of carbonyl (C=O) groups excluding carboxylic acids is 2. The Kier molecular flexibility index (Phi) is 4.50. The summed E-state index contributed by atoms with van der Waals surface area (Å²) in [6, 6.07) is 8.40. The van der Waals surface area contributed by atoms with E-state index in [1.54, 1.807) is 6.92 Å². The lowest BCUT2D eigenvalue weighted by atomic mass is 9.86. The number of anilines is 1. The molecule has 4 rings (SSSR count). The van der Waals surface area contributed by atoms with E-state index >= 15 is 0 Å². The predicted octanol–water partition coefficient (Wildman–Crippen LogP) is 2.95. The Balaban J connectivity index is 1.50. The second-order valence-corrected chi connectivity index (χ2v) is 7.54. The Labute approximate surface area is 148 Å². The lowest BCUT2D eigenvalue weighted by Crippen LogP contribution is -2.47. The van der Waals surface area contributed by atoms with E-state index in [9.17, 15) is 9.59 Å². The van der Waals surface area contributed by atoms with Crippen LogP contribution < -0.4 is 10.2 Å². The highest BCUT2D eigenvalue weighted by molar-refractivity contribution is 5.95. The summed E-state index contributed by atoms with van der Waals surface area (Å²) in [7, 11) is 0. The SMILES string of the molecule is CC(=O)N[C@@H]1C[C@H](c2ccc(N3CCCC3=O)cc2)O[C@@H]2CCC[C@@H]12. The smallest absolute Gasteiger partial charge is 0.227 e. The van der Waals surface area contributed by atoms with Crippen LogP contribution in [0.25, 0.3) is 0 Å². The summed E-state index contributed by atoms with van der Waals surface area (Å²) in [4.78, 5) is 25.3. The van der Waals surface area contributed by atoms with Crippen molar-refractivity contribution in [3.63, 3.8) is 0 Å².